The first kappa shape index (κ1) is 12.6. The minimum Gasteiger partial charge on any atom is -0.497 e. The average molecular weight is 247 g/mol. The van der Waals surface area contributed by atoms with Crippen LogP contribution in [0.25, 0.3) is 11.4 Å². The maximum absolute atomic E-state index is 5.17. The molecule has 2 aromatic rings. The summed E-state index contributed by atoms with van der Waals surface area (Å²) >= 11 is 0. The van der Waals surface area contributed by atoms with Crippen molar-refractivity contribution in [3.63, 3.8) is 0 Å². The van der Waals surface area contributed by atoms with Crippen LogP contribution in [-0.4, -0.2) is 23.8 Å². The van der Waals surface area contributed by atoms with Gasteiger partial charge in [0, 0.05) is 5.56 Å². The molecule has 0 saturated heterocycles. The molecule has 96 valence electrons. The number of nitrogens with zero attached hydrogens (tertiary/aromatic N) is 2. The number of rotatable bonds is 6. The van der Waals surface area contributed by atoms with Gasteiger partial charge in [0.2, 0.25) is 11.7 Å². The van der Waals surface area contributed by atoms with Crippen LogP contribution in [0.4, 0.5) is 0 Å². The second-order valence-corrected chi connectivity index (χ2v) is 3.92. The zero-order valence-corrected chi connectivity index (χ0v) is 10.6. The molecule has 0 bridgehead atoms. The van der Waals surface area contributed by atoms with Crippen LogP contribution in [0.3, 0.4) is 0 Å². The molecule has 0 unspecified atom stereocenters. The van der Waals surface area contributed by atoms with Gasteiger partial charge in [-0.15, -0.1) is 0 Å². The molecule has 0 amide bonds. The largest absolute Gasteiger partial charge is 0.497 e. The van der Waals surface area contributed by atoms with Gasteiger partial charge in [0.1, 0.15) is 5.75 Å². The minimum absolute atomic E-state index is 0.603. The van der Waals surface area contributed by atoms with Crippen LogP contribution < -0.4 is 10.1 Å². The van der Waals surface area contributed by atoms with E-state index in [1.165, 1.54) is 0 Å². The molecular weight excluding hydrogens is 230 g/mol. The first-order valence-corrected chi connectivity index (χ1v) is 6.01. The Balaban J connectivity index is 2.04. The molecule has 0 aliphatic heterocycles. The van der Waals surface area contributed by atoms with Crippen LogP contribution in [0.15, 0.2) is 28.8 Å². The van der Waals surface area contributed by atoms with Gasteiger partial charge in [-0.3, -0.25) is 0 Å². The summed E-state index contributed by atoms with van der Waals surface area (Å²) in [6.07, 6.45) is 1.08. The van der Waals surface area contributed by atoms with Gasteiger partial charge in [0.05, 0.1) is 13.7 Å². The van der Waals surface area contributed by atoms with E-state index in [1.807, 2.05) is 24.3 Å². The number of aromatic nitrogens is 2. The molecule has 5 heteroatoms. The molecule has 0 aliphatic carbocycles. The van der Waals surface area contributed by atoms with Crippen LogP contribution in [0.1, 0.15) is 19.2 Å². The highest BCUT2D eigenvalue weighted by Crippen LogP contribution is 2.19. The fraction of sp³-hybridized carbons (Fsp3) is 0.385. The Morgan fingerprint density at radius 1 is 1.28 bits per heavy atom. The molecule has 18 heavy (non-hydrogen) atoms. The van der Waals surface area contributed by atoms with Gasteiger partial charge in [-0.25, -0.2) is 0 Å². The van der Waals surface area contributed by atoms with E-state index in [4.69, 9.17) is 9.26 Å². The molecule has 0 spiro atoms. The molecule has 0 fully saturated rings. The molecule has 0 atom stereocenters. The van der Waals surface area contributed by atoms with Crippen LogP contribution >= 0.6 is 0 Å². The zero-order valence-electron chi connectivity index (χ0n) is 10.6. The van der Waals surface area contributed by atoms with Gasteiger partial charge in [-0.1, -0.05) is 12.1 Å². The summed E-state index contributed by atoms with van der Waals surface area (Å²) < 4.78 is 10.3. The van der Waals surface area contributed by atoms with Gasteiger partial charge in [0.15, 0.2) is 0 Å². The van der Waals surface area contributed by atoms with Crippen molar-refractivity contribution < 1.29 is 9.26 Å². The van der Waals surface area contributed by atoms with Crippen LogP contribution in [0.5, 0.6) is 5.75 Å². The summed E-state index contributed by atoms with van der Waals surface area (Å²) in [6, 6.07) is 7.57. The number of benzene rings is 1. The van der Waals surface area contributed by atoms with E-state index in [9.17, 15) is 0 Å². The van der Waals surface area contributed by atoms with Crippen LogP contribution in [0, 0.1) is 0 Å². The molecule has 2 rings (SSSR count). The Morgan fingerprint density at radius 2 is 2.06 bits per heavy atom. The summed E-state index contributed by atoms with van der Waals surface area (Å²) in [4.78, 5) is 4.33. The molecular formula is C13H17N3O2. The van der Waals surface area contributed by atoms with Crippen molar-refractivity contribution in [1.82, 2.24) is 15.5 Å². The monoisotopic (exact) mass is 247 g/mol. The van der Waals surface area contributed by atoms with E-state index in [0.717, 1.165) is 24.3 Å². The second-order valence-electron chi connectivity index (χ2n) is 3.92. The number of methoxy groups -OCH3 is 1. The third kappa shape index (κ3) is 3.07. The van der Waals surface area contributed by atoms with Gasteiger partial charge in [0.25, 0.3) is 0 Å². The summed E-state index contributed by atoms with van der Waals surface area (Å²) in [6.45, 7) is 3.67. The van der Waals surface area contributed by atoms with E-state index in [0.29, 0.717) is 18.3 Å². The lowest BCUT2D eigenvalue weighted by Crippen LogP contribution is -2.13. The van der Waals surface area contributed by atoms with Crippen LogP contribution in [-0.2, 0) is 6.54 Å². The predicted molar refractivity (Wildman–Crippen MR) is 68.3 cm³/mol. The average Bonchev–Trinajstić information content (AvgIpc) is 2.88. The van der Waals surface area contributed by atoms with E-state index < -0.39 is 0 Å². The SMILES string of the molecule is CCCNCc1nc(-c2ccc(OC)cc2)no1. The highest BCUT2D eigenvalue weighted by Gasteiger charge is 2.07. The van der Waals surface area contributed by atoms with Gasteiger partial charge >= 0.3 is 0 Å². The lowest BCUT2D eigenvalue weighted by atomic mass is 10.2. The smallest absolute Gasteiger partial charge is 0.240 e. The van der Waals surface area contributed by atoms with Crippen LogP contribution in [0.2, 0.25) is 0 Å². The first-order valence-electron chi connectivity index (χ1n) is 6.01. The van der Waals surface area contributed by atoms with Gasteiger partial charge in [-0.05, 0) is 37.2 Å². The topological polar surface area (TPSA) is 60.2 Å². The van der Waals surface area contributed by atoms with E-state index in [-0.39, 0.29) is 0 Å². The first-order chi connectivity index (χ1) is 8.83. The Labute approximate surface area is 106 Å². The van der Waals surface area contributed by atoms with Gasteiger partial charge < -0.3 is 14.6 Å². The third-order valence-electron chi connectivity index (χ3n) is 2.52. The maximum atomic E-state index is 5.17. The summed E-state index contributed by atoms with van der Waals surface area (Å²) in [5, 5.41) is 7.17. The molecule has 0 saturated carbocycles. The van der Waals surface area contributed by atoms with Crippen molar-refractivity contribution in [3.8, 4) is 17.1 Å². The number of ether oxygens (including phenoxy) is 1. The van der Waals surface area contributed by atoms with E-state index in [2.05, 4.69) is 22.4 Å². The van der Waals surface area contributed by atoms with Crippen molar-refractivity contribution in [3.05, 3.63) is 30.2 Å². The summed E-state index contributed by atoms with van der Waals surface area (Å²) in [7, 11) is 1.64. The van der Waals surface area contributed by atoms with E-state index in [1.54, 1.807) is 7.11 Å². The normalized spacial score (nSPS) is 10.6. The Hall–Kier alpha value is -1.88. The lowest BCUT2D eigenvalue weighted by molar-refractivity contribution is 0.368. The highest BCUT2D eigenvalue weighted by atomic mass is 16.5. The molecule has 0 radical (unpaired) electrons. The van der Waals surface area contributed by atoms with E-state index >= 15 is 0 Å². The number of hydrogen-bond donors (Lipinski definition) is 1. The Kier molecular flexibility index (Phi) is 4.30. The number of nitrogens with one attached hydrogen (secondary N) is 1. The summed E-state index contributed by atoms with van der Waals surface area (Å²) in [5.74, 6) is 2.02. The van der Waals surface area contributed by atoms with Gasteiger partial charge in [-0.2, -0.15) is 4.98 Å². The summed E-state index contributed by atoms with van der Waals surface area (Å²) in [5.41, 5.74) is 0.918. The van der Waals surface area contributed by atoms with Crippen molar-refractivity contribution in [2.45, 2.75) is 19.9 Å². The Morgan fingerprint density at radius 3 is 2.72 bits per heavy atom. The molecule has 1 heterocycles. The standard InChI is InChI=1S/C13H17N3O2/c1-3-8-14-9-12-15-13(16-18-12)10-4-6-11(17-2)7-5-10/h4-7,14H,3,8-9H2,1-2H3. The van der Waals surface area contributed by atoms with Crippen molar-refractivity contribution >= 4 is 0 Å². The van der Waals surface area contributed by atoms with Crippen molar-refractivity contribution in [2.75, 3.05) is 13.7 Å². The second kappa shape index (κ2) is 6.16. The predicted octanol–water partition coefficient (Wildman–Crippen LogP) is 2.24. The highest BCUT2D eigenvalue weighted by molar-refractivity contribution is 5.55. The molecule has 1 N–H and O–H groups in total. The fourth-order valence-electron chi connectivity index (χ4n) is 1.56. The maximum Gasteiger partial charge on any atom is 0.240 e. The third-order valence-corrected chi connectivity index (χ3v) is 2.52. The van der Waals surface area contributed by atoms with Crippen molar-refractivity contribution in [1.29, 1.82) is 0 Å². The zero-order chi connectivity index (χ0) is 12.8. The lowest BCUT2D eigenvalue weighted by Gasteiger charge is -1.99. The van der Waals surface area contributed by atoms with Crippen molar-refractivity contribution in [2.24, 2.45) is 0 Å². The quantitative estimate of drug-likeness (QED) is 0.793. The molecule has 0 aliphatic rings. The fourth-order valence-corrected chi connectivity index (χ4v) is 1.56. The minimum atomic E-state index is 0.603. The molecule has 5 nitrogen and oxygen atoms in total. The molecule has 1 aromatic carbocycles. The Bertz CT molecular complexity index is 479. The molecule has 1 aromatic heterocycles. The number of hydrogen-bond acceptors (Lipinski definition) is 5.